The zero-order valence-electron chi connectivity index (χ0n) is 7.70. The molecule has 0 spiro atoms. The second-order valence-corrected chi connectivity index (χ2v) is 3.06. The van der Waals surface area contributed by atoms with Gasteiger partial charge < -0.3 is 0 Å². The van der Waals surface area contributed by atoms with E-state index in [4.69, 9.17) is 0 Å². The molecule has 0 heterocycles. The lowest BCUT2D eigenvalue weighted by atomic mass is 10.0. The molecule has 0 amide bonds. The van der Waals surface area contributed by atoms with Gasteiger partial charge in [0.25, 0.3) is 5.69 Å². The summed E-state index contributed by atoms with van der Waals surface area (Å²) in [6, 6.07) is 5.02. The maximum Gasteiger partial charge on any atom is 0.276 e. The molecule has 0 unspecified atom stereocenters. The zero-order chi connectivity index (χ0) is 10.0. The first-order chi connectivity index (χ1) is 6.02. The predicted octanol–water partition coefficient (Wildman–Crippen LogP) is 2.94. The molecule has 0 aliphatic rings. The number of aryl methyl sites for hydroxylation is 1. The van der Waals surface area contributed by atoms with Gasteiger partial charge in [0.2, 0.25) is 0 Å². The van der Waals surface area contributed by atoms with Gasteiger partial charge in [0, 0.05) is 6.07 Å². The van der Waals surface area contributed by atoms with Crippen molar-refractivity contribution in [3.63, 3.8) is 0 Å². The van der Waals surface area contributed by atoms with E-state index in [2.05, 4.69) is 6.58 Å². The number of allylic oxidation sites excluding steroid dienone is 1. The molecule has 3 nitrogen and oxygen atoms in total. The molecule has 0 aliphatic carbocycles. The van der Waals surface area contributed by atoms with E-state index in [1.54, 1.807) is 19.1 Å². The maximum atomic E-state index is 10.6. The molecule has 0 fully saturated rings. The molecule has 0 saturated carbocycles. The monoisotopic (exact) mass is 177 g/mol. The molecule has 1 aromatic carbocycles. The van der Waals surface area contributed by atoms with Gasteiger partial charge in [-0.05, 0) is 25.5 Å². The van der Waals surface area contributed by atoms with Crippen molar-refractivity contribution < 1.29 is 4.92 Å². The quantitative estimate of drug-likeness (QED) is 0.515. The second-order valence-electron chi connectivity index (χ2n) is 3.06. The van der Waals surface area contributed by atoms with Crippen LogP contribution >= 0.6 is 0 Å². The first kappa shape index (κ1) is 9.45. The van der Waals surface area contributed by atoms with Gasteiger partial charge in [0.05, 0.1) is 10.5 Å². The van der Waals surface area contributed by atoms with Crippen molar-refractivity contribution in [2.75, 3.05) is 0 Å². The number of hydrogen-bond acceptors (Lipinski definition) is 2. The Bertz CT molecular complexity index is 369. The van der Waals surface area contributed by atoms with Gasteiger partial charge in [-0.1, -0.05) is 18.2 Å². The Balaban J connectivity index is 3.35. The van der Waals surface area contributed by atoms with Gasteiger partial charge in [-0.25, -0.2) is 0 Å². The molecule has 1 rings (SSSR count). The van der Waals surface area contributed by atoms with Crippen molar-refractivity contribution in [2.45, 2.75) is 13.8 Å². The van der Waals surface area contributed by atoms with E-state index in [0.717, 1.165) is 11.1 Å². The normalized spacial score (nSPS) is 9.69. The van der Waals surface area contributed by atoms with E-state index >= 15 is 0 Å². The minimum absolute atomic E-state index is 0.123. The van der Waals surface area contributed by atoms with Crippen molar-refractivity contribution in [3.8, 4) is 0 Å². The minimum Gasteiger partial charge on any atom is -0.258 e. The molecule has 13 heavy (non-hydrogen) atoms. The first-order valence-electron chi connectivity index (χ1n) is 3.93. The standard InChI is InChI=1S/C10H11NO2/c1-7(2)9-6-8(3)4-5-10(9)11(12)13/h4-6H,1H2,2-3H3. The number of rotatable bonds is 2. The second kappa shape index (κ2) is 3.39. The summed E-state index contributed by atoms with van der Waals surface area (Å²) in [6.45, 7) is 7.37. The highest BCUT2D eigenvalue weighted by atomic mass is 16.6. The van der Waals surface area contributed by atoms with Crippen LogP contribution in [0.5, 0.6) is 0 Å². The van der Waals surface area contributed by atoms with Gasteiger partial charge in [-0.3, -0.25) is 10.1 Å². The third-order valence-corrected chi connectivity index (χ3v) is 1.81. The van der Waals surface area contributed by atoms with E-state index < -0.39 is 0 Å². The minimum atomic E-state index is -0.385. The molecule has 0 saturated heterocycles. The number of nitro benzene ring substituents is 1. The molecule has 0 radical (unpaired) electrons. The molecule has 1 aromatic rings. The van der Waals surface area contributed by atoms with Crippen LogP contribution in [0.1, 0.15) is 18.1 Å². The highest BCUT2D eigenvalue weighted by molar-refractivity contribution is 5.70. The van der Waals surface area contributed by atoms with Gasteiger partial charge >= 0.3 is 0 Å². The summed E-state index contributed by atoms with van der Waals surface area (Å²) in [5.41, 5.74) is 2.46. The molecule has 68 valence electrons. The van der Waals surface area contributed by atoms with E-state index in [9.17, 15) is 10.1 Å². The lowest BCUT2D eigenvalue weighted by molar-refractivity contribution is -0.385. The zero-order valence-corrected chi connectivity index (χ0v) is 7.70. The molecule has 3 heteroatoms. The van der Waals surface area contributed by atoms with Crippen LogP contribution in [0, 0.1) is 17.0 Å². The summed E-state index contributed by atoms with van der Waals surface area (Å²) >= 11 is 0. The fraction of sp³-hybridized carbons (Fsp3) is 0.200. The molecule has 0 bridgehead atoms. The van der Waals surface area contributed by atoms with Crippen molar-refractivity contribution in [3.05, 3.63) is 46.0 Å². The summed E-state index contributed by atoms with van der Waals surface area (Å²) in [7, 11) is 0. The van der Waals surface area contributed by atoms with Crippen LogP contribution in [0.2, 0.25) is 0 Å². The number of nitrogens with zero attached hydrogens (tertiary/aromatic N) is 1. The van der Waals surface area contributed by atoms with Crippen molar-refractivity contribution in [1.29, 1.82) is 0 Å². The van der Waals surface area contributed by atoms with E-state index in [-0.39, 0.29) is 10.6 Å². The Labute approximate surface area is 76.9 Å². The predicted molar refractivity (Wildman–Crippen MR) is 52.5 cm³/mol. The SMILES string of the molecule is C=C(C)c1cc(C)ccc1[N+](=O)[O-]. The third kappa shape index (κ3) is 1.93. The van der Waals surface area contributed by atoms with Crippen LogP contribution in [0.25, 0.3) is 5.57 Å². The van der Waals surface area contributed by atoms with Gasteiger partial charge in [-0.2, -0.15) is 0 Å². The number of benzene rings is 1. The molecule has 0 N–H and O–H groups in total. The molecular weight excluding hydrogens is 166 g/mol. The van der Waals surface area contributed by atoms with Crippen LogP contribution in [-0.4, -0.2) is 4.92 Å². The summed E-state index contributed by atoms with van der Waals surface area (Å²) in [6.07, 6.45) is 0. The average molecular weight is 177 g/mol. The summed E-state index contributed by atoms with van der Waals surface area (Å²) in [5, 5.41) is 10.6. The van der Waals surface area contributed by atoms with Crippen molar-refractivity contribution >= 4 is 11.3 Å². The van der Waals surface area contributed by atoms with Gasteiger partial charge in [0.1, 0.15) is 0 Å². The summed E-state index contributed by atoms with van der Waals surface area (Å²) < 4.78 is 0. The van der Waals surface area contributed by atoms with E-state index in [1.165, 1.54) is 6.07 Å². The number of nitro groups is 1. The lowest BCUT2D eigenvalue weighted by Gasteiger charge is -2.02. The molecule has 0 aromatic heterocycles. The summed E-state index contributed by atoms with van der Waals surface area (Å²) in [5.74, 6) is 0. The Kier molecular flexibility index (Phi) is 2.46. The average Bonchev–Trinajstić information content (AvgIpc) is 2.03. The van der Waals surface area contributed by atoms with Crippen LogP contribution < -0.4 is 0 Å². The van der Waals surface area contributed by atoms with Crippen molar-refractivity contribution in [2.24, 2.45) is 0 Å². The Morgan fingerprint density at radius 3 is 2.62 bits per heavy atom. The van der Waals surface area contributed by atoms with Gasteiger partial charge in [-0.15, -0.1) is 0 Å². The number of hydrogen-bond donors (Lipinski definition) is 0. The Hall–Kier alpha value is -1.64. The van der Waals surface area contributed by atoms with Crippen LogP contribution in [0.4, 0.5) is 5.69 Å². The fourth-order valence-corrected chi connectivity index (χ4v) is 1.15. The smallest absolute Gasteiger partial charge is 0.258 e. The Morgan fingerprint density at radius 1 is 1.54 bits per heavy atom. The third-order valence-electron chi connectivity index (χ3n) is 1.81. The van der Waals surface area contributed by atoms with E-state index in [1.807, 2.05) is 6.92 Å². The largest absolute Gasteiger partial charge is 0.276 e. The summed E-state index contributed by atoms with van der Waals surface area (Å²) in [4.78, 5) is 10.2. The lowest BCUT2D eigenvalue weighted by Crippen LogP contribution is -1.93. The van der Waals surface area contributed by atoms with E-state index in [0.29, 0.717) is 5.56 Å². The molecular formula is C10H11NO2. The van der Waals surface area contributed by atoms with Crippen LogP contribution in [0.15, 0.2) is 24.8 Å². The van der Waals surface area contributed by atoms with Crippen molar-refractivity contribution in [1.82, 2.24) is 0 Å². The molecule has 0 atom stereocenters. The van der Waals surface area contributed by atoms with Gasteiger partial charge in [0.15, 0.2) is 0 Å². The highest BCUT2D eigenvalue weighted by Crippen LogP contribution is 2.25. The van der Waals surface area contributed by atoms with Crippen LogP contribution in [0.3, 0.4) is 0 Å². The topological polar surface area (TPSA) is 43.1 Å². The fourth-order valence-electron chi connectivity index (χ4n) is 1.15. The molecule has 0 aliphatic heterocycles. The first-order valence-corrected chi connectivity index (χ1v) is 3.93. The van der Waals surface area contributed by atoms with Crippen LogP contribution in [-0.2, 0) is 0 Å². The Morgan fingerprint density at radius 2 is 2.15 bits per heavy atom. The maximum absolute atomic E-state index is 10.6. The highest BCUT2D eigenvalue weighted by Gasteiger charge is 2.12.